The zero-order valence-electron chi connectivity index (χ0n) is 2.89. The molecule has 0 nitrogen and oxygen atoms in total. The van der Waals surface area contributed by atoms with Gasteiger partial charge in [0.1, 0.15) is 0 Å². The van der Waals surface area contributed by atoms with Crippen LogP contribution in [0.1, 0.15) is 0 Å². The maximum atomic E-state index is 4.85. The molecule has 0 saturated heterocycles. The van der Waals surface area contributed by atoms with Gasteiger partial charge in [-0.3, -0.25) is 0 Å². The van der Waals surface area contributed by atoms with E-state index < -0.39 is 0 Å². The Balaban J connectivity index is 2.92. The van der Waals surface area contributed by atoms with Gasteiger partial charge >= 0.3 is 0 Å². The predicted molar refractivity (Wildman–Crippen MR) is 22.3 cm³/mol. The van der Waals surface area contributed by atoms with Gasteiger partial charge in [-0.1, -0.05) is 24.8 Å². The highest BCUT2D eigenvalue weighted by atomic mass is 13.5. The zero-order valence-corrected chi connectivity index (χ0v) is 2.89. The molecule has 0 atom stereocenters. The van der Waals surface area contributed by atoms with Gasteiger partial charge in [0.25, 0.3) is 0 Å². The summed E-state index contributed by atoms with van der Waals surface area (Å²) < 4.78 is 0. The molecule has 0 bridgehead atoms. The summed E-state index contributed by atoms with van der Waals surface area (Å²) in [6.07, 6.45) is 4.31. The molecule has 0 spiro atoms. The first-order valence-corrected chi connectivity index (χ1v) is 1.33. The van der Waals surface area contributed by atoms with Gasteiger partial charge in [-0.25, -0.2) is 0 Å². The van der Waals surface area contributed by atoms with E-state index in [0.29, 0.717) is 0 Å². The molecule has 0 heteroatoms. The summed E-state index contributed by atoms with van der Waals surface area (Å²) in [6, 6.07) is 0. The van der Waals surface area contributed by atoms with Crippen molar-refractivity contribution in [2.24, 2.45) is 0 Å². The Bertz CT molecular complexity index is 42.0. The molecule has 0 saturated carbocycles. The van der Waals surface area contributed by atoms with Crippen molar-refractivity contribution in [3.63, 3.8) is 0 Å². The third-order valence-electron chi connectivity index (χ3n) is 0.222. The average molecular weight is 65.1 g/mol. The Kier molecular flexibility index (Phi) is 3.12. The van der Waals surface area contributed by atoms with Crippen LogP contribution in [0.25, 0.3) is 0 Å². The Morgan fingerprint density at radius 1 is 1.40 bits per heavy atom. The smallest absolute Gasteiger partial charge is 0.00925 e. The maximum Gasteiger partial charge on any atom is -0.00925 e. The topological polar surface area (TPSA) is 0 Å². The van der Waals surface area contributed by atoms with E-state index in [4.69, 9.17) is 13.5 Å². The Morgan fingerprint density at radius 2 is 2.00 bits per heavy atom. The van der Waals surface area contributed by atoms with Gasteiger partial charge in [-0.05, 0) is 6.92 Å². The lowest BCUT2D eigenvalue weighted by atomic mass is 10.5. The third kappa shape index (κ3) is 3.48. The zero-order chi connectivity index (χ0) is 4.12. The molecule has 0 N–H and O–H groups in total. The molecule has 3 radical (unpaired) electrons. The second-order valence-corrected chi connectivity index (χ2v) is 0.577. The Hall–Kier alpha value is -0.520. The highest BCUT2D eigenvalue weighted by Gasteiger charge is 1.43. The minimum Gasteiger partial charge on any atom is -0.0802 e. The van der Waals surface area contributed by atoms with E-state index in [1.165, 1.54) is 12.2 Å². The molecule has 5 heavy (non-hydrogen) atoms. The summed E-state index contributed by atoms with van der Waals surface area (Å²) in [6.45, 7) is 9.69. The van der Waals surface area contributed by atoms with Crippen LogP contribution in [0.4, 0.5) is 0 Å². The van der Waals surface area contributed by atoms with Gasteiger partial charge in [-0.15, -0.1) is 0 Å². The van der Waals surface area contributed by atoms with Crippen molar-refractivity contribution < 1.29 is 0 Å². The fourth-order valence-corrected chi connectivity index (χ4v) is 0.0642. The first-order chi connectivity index (χ1) is 2.41. The van der Waals surface area contributed by atoms with E-state index in [1.807, 2.05) is 0 Å². The van der Waals surface area contributed by atoms with Gasteiger partial charge in [0.05, 0.1) is 0 Å². The Morgan fingerprint density at radius 3 is 2.00 bits per heavy atom. The van der Waals surface area contributed by atoms with Crippen LogP contribution < -0.4 is 0 Å². The molecule has 0 heterocycles. The molecule has 0 rings (SSSR count). The predicted octanol–water partition coefficient (Wildman–Crippen LogP) is 1.24. The van der Waals surface area contributed by atoms with Crippen LogP contribution in [0, 0.1) is 13.5 Å². The fourth-order valence-electron chi connectivity index (χ4n) is 0.0642. The van der Waals surface area contributed by atoms with Gasteiger partial charge in [0.15, 0.2) is 0 Å². The summed E-state index contributed by atoms with van der Waals surface area (Å²) in [5.41, 5.74) is 0. The minimum absolute atomic E-state index is 1.38. The molecule has 0 aliphatic heterocycles. The quantitative estimate of drug-likeness (QED) is 0.403. The lowest BCUT2D eigenvalue weighted by molar-refractivity contribution is 1.97. The van der Waals surface area contributed by atoms with Gasteiger partial charge < -0.3 is 0 Å². The highest BCUT2D eigenvalue weighted by molar-refractivity contribution is 4.96. The molecular formula is C5H5. The van der Waals surface area contributed by atoms with E-state index >= 15 is 0 Å². The Labute approximate surface area is 32.8 Å². The molecule has 0 aromatic heterocycles. The SMILES string of the molecule is [CH]C=CC=[CH]. The fraction of sp³-hybridized carbons (Fsp3) is 0. The van der Waals surface area contributed by atoms with E-state index in [9.17, 15) is 0 Å². The van der Waals surface area contributed by atoms with Crippen LogP contribution in [0.15, 0.2) is 18.2 Å². The first kappa shape index (κ1) is 4.48. The molecule has 0 amide bonds. The average Bonchev–Trinajstić information content (AvgIpc) is 1.41. The van der Waals surface area contributed by atoms with Crippen LogP contribution >= 0.6 is 0 Å². The van der Waals surface area contributed by atoms with E-state index in [0.717, 1.165) is 0 Å². The molecule has 0 aliphatic rings. The molecular weight excluding hydrogens is 60.1 g/mol. The normalized spacial score (nSPS) is 9.00. The highest BCUT2D eigenvalue weighted by Crippen LogP contribution is 1.63. The summed E-state index contributed by atoms with van der Waals surface area (Å²) in [4.78, 5) is 0. The summed E-state index contributed by atoms with van der Waals surface area (Å²) in [7, 11) is 0. The molecule has 0 unspecified atom stereocenters. The van der Waals surface area contributed by atoms with Crippen LogP contribution in [0.5, 0.6) is 0 Å². The lowest BCUT2D eigenvalue weighted by Crippen LogP contribution is -1.34. The number of rotatable bonds is 1. The second kappa shape index (κ2) is 3.48. The van der Waals surface area contributed by atoms with E-state index in [-0.39, 0.29) is 0 Å². The maximum absolute atomic E-state index is 4.85. The minimum atomic E-state index is 1.38. The van der Waals surface area contributed by atoms with Crippen molar-refractivity contribution in [3.05, 3.63) is 31.7 Å². The standard InChI is InChI=1S/C5H5/c1-3-5-4-2/h1-5H. The van der Waals surface area contributed by atoms with Crippen molar-refractivity contribution in [3.8, 4) is 0 Å². The molecule has 0 fully saturated rings. The van der Waals surface area contributed by atoms with Crippen LogP contribution in [-0.2, 0) is 0 Å². The molecule has 0 aromatic carbocycles. The van der Waals surface area contributed by atoms with E-state index in [2.05, 4.69) is 0 Å². The van der Waals surface area contributed by atoms with Crippen LogP contribution in [0.2, 0.25) is 0 Å². The molecule has 0 aliphatic carbocycles. The van der Waals surface area contributed by atoms with Gasteiger partial charge in [-0.2, -0.15) is 0 Å². The third-order valence-corrected chi connectivity index (χ3v) is 0.222. The van der Waals surface area contributed by atoms with E-state index in [1.54, 1.807) is 6.08 Å². The number of allylic oxidation sites excluding steroid dienone is 3. The number of hydrogen-bond donors (Lipinski definition) is 0. The van der Waals surface area contributed by atoms with Crippen molar-refractivity contribution in [2.45, 2.75) is 0 Å². The largest absolute Gasteiger partial charge is 0.0802 e. The van der Waals surface area contributed by atoms with Crippen molar-refractivity contribution in [1.82, 2.24) is 0 Å². The molecule has 25 valence electrons. The molecule has 0 aromatic rings. The van der Waals surface area contributed by atoms with Crippen molar-refractivity contribution in [2.75, 3.05) is 0 Å². The lowest BCUT2D eigenvalue weighted by Gasteiger charge is -1.55. The summed E-state index contributed by atoms with van der Waals surface area (Å²) >= 11 is 0. The first-order valence-electron chi connectivity index (χ1n) is 1.33. The number of hydrogen-bond acceptors (Lipinski definition) is 0. The van der Waals surface area contributed by atoms with Crippen LogP contribution in [-0.4, -0.2) is 0 Å². The van der Waals surface area contributed by atoms with Gasteiger partial charge in [0.2, 0.25) is 0 Å². The summed E-state index contributed by atoms with van der Waals surface area (Å²) in [5, 5.41) is 0. The monoisotopic (exact) mass is 65.0 g/mol. The van der Waals surface area contributed by atoms with Crippen molar-refractivity contribution in [1.29, 1.82) is 0 Å². The van der Waals surface area contributed by atoms with Crippen LogP contribution in [0.3, 0.4) is 0 Å². The van der Waals surface area contributed by atoms with Gasteiger partial charge in [0, 0.05) is 0 Å². The van der Waals surface area contributed by atoms with Crippen molar-refractivity contribution >= 4 is 0 Å². The summed E-state index contributed by atoms with van der Waals surface area (Å²) in [5.74, 6) is 0. The second-order valence-electron chi connectivity index (χ2n) is 0.577.